The van der Waals surface area contributed by atoms with Gasteiger partial charge in [-0.3, -0.25) is 0 Å². The molecule has 0 saturated carbocycles. The van der Waals surface area contributed by atoms with Gasteiger partial charge in [-0.1, -0.05) is 12.5 Å². The highest BCUT2D eigenvalue weighted by Gasteiger charge is 2.12. The maximum absolute atomic E-state index is 11.0. The number of hydrogen-bond acceptors (Lipinski definition) is 1. The van der Waals surface area contributed by atoms with Crippen LogP contribution in [-0.2, 0) is 6.54 Å². The molecule has 0 aliphatic carbocycles. The van der Waals surface area contributed by atoms with Gasteiger partial charge in [0.25, 0.3) is 0 Å². The molecule has 1 aromatic heterocycles. The number of nitrogens with zero attached hydrogens (tertiary/aromatic N) is 1. The lowest BCUT2D eigenvalue weighted by atomic mass is 10.2. The molecular formula is C13H19NO2. The predicted octanol–water partition coefficient (Wildman–Crippen LogP) is 3.24. The van der Waals surface area contributed by atoms with Crippen LogP contribution in [-0.4, -0.2) is 15.6 Å². The smallest absolute Gasteiger partial charge is 0.352 e. The van der Waals surface area contributed by atoms with Crippen molar-refractivity contribution in [3.8, 4) is 0 Å². The van der Waals surface area contributed by atoms with Gasteiger partial charge < -0.3 is 9.67 Å². The Hall–Kier alpha value is -1.51. The largest absolute Gasteiger partial charge is 0.477 e. The van der Waals surface area contributed by atoms with E-state index in [0.29, 0.717) is 5.69 Å². The first kappa shape index (κ1) is 12.6. The van der Waals surface area contributed by atoms with Crippen LogP contribution in [0.25, 0.3) is 0 Å². The third kappa shape index (κ3) is 3.26. The van der Waals surface area contributed by atoms with Gasteiger partial charge in [0.05, 0.1) is 0 Å². The summed E-state index contributed by atoms with van der Waals surface area (Å²) in [6, 6.07) is 1.85. The van der Waals surface area contributed by atoms with E-state index in [-0.39, 0.29) is 0 Å². The summed E-state index contributed by atoms with van der Waals surface area (Å²) in [5.74, 6) is -0.839. The van der Waals surface area contributed by atoms with Gasteiger partial charge in [-0.15, -0.1) is 6.58 Å². The highest BCUT2D eigenvalue weighted by Crippen LogP contribution is 2.12. The molecule has 0 aromatic carbocycles. The van der Waals surface area contributed by atoms with E-state index in [0.717, 1.165) is 37.8 Å². The molecule has 0 fully saturated rings. The van der Waals surface area contributed by atoms with Gasteiger partial charge in [-0.25, -0.2) is 4.79 Å². The monoisotopic (exact) mass is 221 g/mol. The first-order valence-electron chi connectivity index (χ1n) is 5.66. The third-order valence-corrected chi connectivity index (χ3v) is 2.68. The molecule has 16 heavy (non-hydrogen) atoms. The van der Waals surface area contributed by atoms with E-state index >= 15 is 0 Å². The zero-order chi connectivity index (χ0) is 12.0. The quantitative estimate of drug-likeness (QED) is 0.567. The summed E-state index contributed by atoms with van der Waals surface area (Å²) in [7, 11) is 0. The molecule has 0 atom stereocenters. The zero-order valence-electron chi connectivity index (χ0n) is 9.78. The fourth-order valence-electron chi connectivity index (χ4n) is 1.81. The van der Waals surface area contributed by atoms with Crippen LogP contribution in [0.15, 0.2) is 24.9 Å². The average Bonchev–Trinajstić information content (AvgIpc) is 2.59. The summed E-state index contributed by atoms with van der Waals surface area (Å²) in [5.41, 5.74) is 1.25. The minimum atomic E-state index is -0.839. The molecule has 0 aliphatic heterocycles. The summed E-state index contributed by atoms with van der Waals surface area (Å²) >= 11 is 0. The molecule has 1 heterocycles. The van der Waals surface area contributed by atoms with Crippen LogP contribution >= 0.6 is 0 Å². The van der Waals surface area contributed by atoms with Crippen LogP contribution in [0.5, 0.6) is 0 Å². The molecule has 1 N–H and O–H groups in total. The molecule has 0 bridgehead atoms. The molecule has 3 nitrogen and oxygen atoms in total. The second-order valence-corrected chi connectivity index (χ2v) is 3.98. The van der Waals surface area contributed by atoms with Gasteiger partial charge in [0.1, 0.15) is 5.69 Å². The first-order valence-corrected chi connectivity index (χ1v) is 5.66. The number of allylic oxidation sites excluding steroid dienone is 1. The maximum Gasteiger partial charge on any atom is 0.352 e. The topological polar surface area (TPSA) is 42.2 Å². The molecule has 1 rings (SSSR count). The number of aromatic carboxylic acids is 1. The number of rotatable bonds is 7. The van der Waals surface area contributed by atoms with Gasteiger partial charge in [0.2, 0.25) is 0 Å². The second-order valence-electron chi connectivity index (χ2n) is 3.98. The van der Waals surface area contributed by atoms with E-state index in [1.807, 2.05) is 29.8 Å². The van der Waals surface area contributed by atoms with E-state index in [9.17, 15) is 4.79 Å². The summed E-state index contributed by atoms with van der Waals surface area (Å²) in [6.45, 7) is 6.29. The van der Waals surface area contributed by atoms with Crippen molar-refractivity contribution in [3.05, 3.63) is 36.2 Å². The van der Waals surface area contributed by atoms with Crippen molar-refractivity contribution in [2.45, 2.75) is 39.2 Å². The van der Waals surface area contributed by atoms with Crippen molar-refractivity contribution in [3.63, 3.8) is 0 Å². The van der Waals surface area contributed by atoms with Crippen molar-refractivity contribution >= 4 is 5.97 Å². The van der Waals surface area contributed by atoms with Crippen LogP contribution in [0.4, 0.5) is 0 Å². The Morgan fingerprint density at radius 3 is 2.88 bits per heavy atom. The van der Waals surface area contributed by atoms with Crippen molar-refractivity contribution < 1.29 is 9.90 Å². The third-order valence-electron chi connectivity index (χ3n) is 2.68. The second kappa shape index (κ2) is 6.16. The number of aryl methyl sites for hydroxylation is 2. The SMILES string of the molecule is C=CCCCCCn1ccc(C)c1C(=O)O. The molecule has 0 aliphatic rings. The predicted molar refractivity (Wildman–Crippen MR) is 64.8 cm³/mol. The van der Waals surface area contributed by atoms with Gasteiger partial charge >= 0.3 is 5.97 Å². The van der Waals surface area contributed by atoms with Crippen molar-refractivity contribution in [1.82, 2.24) is 4.57 Å². The number of carboxylic acids is 1. The minimum Gasteiger partial charge on any atom is -0.477 e. The Bertz CT molecular complexity index is 366. The number of carboxylic acid groups (broad SMARTS) is 1. The average molecular weight is 221 g/mol. The van der Waals surface area contributed by atoms with Crippen LogP contribution in [0.2, 0.25) is 0 Å². The summed E-state index contributed by atoms with van der Waals surface area (Å²) < 4.78 is 1.82. The zero-order valence-corrected chi connectivity index (χ0v) is 9.78. The lowest BCUT2D eigenvalue weighted by molar-refractivity contribution is 0.0684. The van der Waals surface area contributed by atoms with E-state index in [1.165, 1.54) is 0 Å². The molecule has 0 spiro atoms. The van der Waals surface area contributed by atoms with Gasteiger partial charge in [0, 0.05) is 12.7 Å². The Labute approximate surface area is 96.4 Å². The number of unbranched alkanes of at least 4 members (excludes halogenated alkanes) is 3. The van der Waals surface area contributed by atoms with Crippen LogP contribution in [0.3, 0.4) is 0 Å². The molecule has 0 radical (unpaired) electrons. The van der Waals surface area contributed by atoms with Gasteiger partial charge in [-0.05, 0) is 37.8 Å². The molecule has 1 aromatic rings. The molecule has 3 heteroatoms. The maximum atomic E-state index is 11.0. The van der Waals surface area contributed by atoms with Crippen LogP contribution in [0.1, 0.15) is 41.7 Å². The molecule has 0 amide bonds. The van der Waals surface area contributed by atoms with Gasteiger partial charge in [0.15, 0.2) is 0 Å². The fourth-order valence-corrected chi connectivity index (χ4v) is 1.81. The Morgan fingerprint density at radius 2 is 2.25 bits per heavy atom. The lowest BCUT2D eigenvalue weighted by Crippen LogP contribution is -2.09. The normalized spacial score (nSPS) is 10.3. The molecular weight excluding hydrogens is 202 g/mol. The number of hydrogen-bond donors (Lipinski definition) is 1. The van der Waals surface area contributed by atoms with E-state index in [1.54, 1.807) is 0 Å². The van der Waals surface area contributed by atoms with Crippen molar-refractivity contribution in [1.29, 1.82) is 0 Å². The van der Waals surface area contributed by atoms with E-state index in [4.69, 9.17) is 5.11 Å². The van der Waals surface area contributed by atoms with Crippen LogP contribution in [0, 0.1) is 6.92 Å². The number of carbonyl (C=O) groups is 1. The molecule has 0 unspecified atom stereocenters. The van der Waals surface area contributed by atoms with Crippen LogP contribution < -0.4 is 0 Å². The van der Waals surface area contributed by atoms with E-state index in [2.05, 4.69) is 6.58 Å². The highest BCUT2D eigenvalue weighted by atomic mass is 16.4. The first-order chi connectivity index (χ1) is 7.66. The standard InChI is InChI=1S/C13H19NO2/c1-3-4-5-6-7-9-14-10-8-11(2)12(14)13(15)16/h3,8,10H,1,4-7,9H2,2H3,(H,15,16). The fraction of sp³-hybridized carbons (Fsp3) is 0.462. The highest BCUT2D eigenvalue weighted by molar-refractivity contribution is 5.87. The summed E-state index contributed by atoms with van der Waals surface area (Å²) in [6.07, 6.45) is 8.07. The van der Waals surface area contributed by atoms with Gasteiger partial charge in [-0.2, -0.15) is 0 Å². The Morgan fingerprint density at radius 1 is 1.50 bits per heavy atom. The molecule has 88 valence electrons. The molecule has 0 saturated heterocycles. The number of aromatic nitrogens is 1. The lowest BCUT2D eigenvalue weighted by Gasteiger charge is -2.06. The summed E-state index contributed by atoms with van der Waals surface area (Å²) in [5, 5.41) is 9.04. The van der Waals surface area contributed by atoms with Crippen molar-refractivity contribution in [2.75, 3.05) is 0 Å². The Balaban J connectivity index is 2.47. The Kier molecular flexibility index (Phi) is 4.83. The van der Waals surface area contributed by atoms with Crippen molar-refractivity contribution in [2.24, 2.45) is 0 Å². The minimum absolute atomic E-state index is 0.420. The summed E-state index contributed by atoms with van der Waals surface area (Å²) in [4.78, 5) is 11.0. The van der Waals surface area contributed by atoms with E-state index < -0.39 is 5.97 Å².